The summed E-state index contributed by atoms with van der Waals surface area (Å²) in [7, 11) is 0. The van der Waals surface area contributed by atoms with Crippen molar-refractivity contribution in [1.29, 1.82) is 0 Å². The van der Waals surface area contributed by atoms with Crippen LogP contribution in [0.5, 0.6) is 5.75 Å². The van der Waals surface area contributed by atoms with Crippen LogP contribution in [0.25, 0.3) is 0 Å². The van der Waals surface area contributed by atoms with Gasteiger partial charge in [0.25, 0.3) is 5.92 Å². The van der Waals surface area contributed by atoms with Gasteiger partial charge in [-0.3, -0.25) is 4.79 Å². The summed E-state index contributed by atoms with van der Waals surface area (Å²) in [5.74, 6) is -2.73. The summed E-state index contributed by atoms with van der Waals surface area (Å²) >= 11 is 2.15. The summed E-state index contributed by atoms with van der Waals surface area (Å²) in [6.07, 6.45) is -0.0964. The predicted molar refractivity (Wildman–Crippen MR) is 81.0 cm³/mol. The fourth-order valence-electron chi connectivity index (χ4n) is 2.11. The highest BCUT2D eigenvalue weighted by atomic mass is 127. The Morgan fingerprint density at radius 3 is 2.75 bits per heavy atom. The SMILES string of the molecule is CI.O=C1CNCc2ccc(OCC3CC3(F)F)cc21. The minimum Gasteiger partial charge on any atom is -0.493 e. The zero-order valence-electron chi connectivity index (χ0n) is 11.1. The van der Waals surface area contributed by atoms with E-state index in [2.05, 4.69) is 27.9 Å². The van der Waals surface area contributed by atoms with E-state index in [4.69, 9.17) is 4.74 Å². The Bertz CT molecular complexity index is 508. The maximum Gasteiger partial charge on any atom is 0.255 e. The molecule has 0 amide bonds. The van der Waals surface area contributed by atoms with E-state index < -0.39 is 11.8 Å². The molecule has 1 N–H and O–H groups in total. The molecule has 1 aliphatic carbocycles. The molecule has 1 heterocycles. The monoisotopic (exact) mass is 395 g/mol. The molecule has 1 saturated carbocycles. The molecular formula is C14H16F2INO2. The largest absolute Gasteiger partial charge is 0.493 e. The van der Waals surface area contributed by atoms with Crippen molar-refractivity contribution in [1.82, 2.24) is 5.32 Å². The lowest BCUT2D eigenvalue weighted by molar-refractivity contribution is 0.0854. The van der Waals surface area contributed by atoms with Gasteiger partial charge in [-0.1, -0.05) is 28.7 Å². The lowest BCUT2D eigenvalue weighted by Crippen LogP contribution is -2.29. The number of rotatable bonds is 3. The number of alkyl halides is 3. The van der Waals surface area contributed by atoms with Crippen LogP contribution in [0.1, 0.15) is 22.3 Å². The molecule has 0 radical (unpaired) electrons. The number of hydrogen-bond donors (Lipinski definition) is 1. The maximum atomic E-state index is 12.7. The van der Waals surface area contributed by atoms with Crippen LogP contribution < -0.4 is 10.1 Å². The van der Waals surface area contributed by atoms with Crippen molar-refractivity contribution in [2.24, 2.45) is 5.92 Å². The molecule has 3 rings (SSSR count). The van der Waals surface area contributed by atoms with Gasteiger partial charge >= 0.3 is 0 Å². The normalized spacial score (nSPS) is 22.4. The van der Waals surface area contributed by atoms with Crippen molar-refractivity contribution in [3.05, 3.63) is 29.3 Å². The predicted octanol–water partition coefficient (Wildman–Crippen LogP) is 3.06. The molecule has 0 saturated heterocycles. The van der Waals surface area contributed by atoms with Crippen molar-refractivity contribution in [3.63, 3.8) is 0 Å². The van der Waals surface area contributed by atoms with Gasteiger partial charge in [-0.25, -0.2) is 8.78 Å². The van der Waals surface area contributed by atoms with Gasteiger partial charge in [0.05, 0.1) is 19.1 Å². The van der Waals surface area contributed by atoms with E-state index >= 15 is 0 Å². The van der Waals surface area contributed by atoms with Crippen molar-refractivity contribution < 1.29 is 18.3 Å². The number of Topliss-reactive ketones (excluding diaryl/α,β-unsaturated/α-hetero) is 1. The molecular weight excluding hydrogens is 379 g/mol. The minimum absolute atomic E-state index is 0.0121. The van der Waals surface area contributed by atoms with E-state index in [1.54, 1.807) is 18.2 Å². The Morgan fingerprint density at radius 1 is 1.40 bits per heavy atom. The fourth-order valence-corrected chi connectivity index (χ4v) is 2.11. The number of nitrogens with one attached hydrogen (secondary N) is 1. The number of hydrogen-bond acceptors (Lipinski definition) is 3. The third-order valence-corrected chi connectivity index (χ3v) is 3.39. The Morgan fingerprint density at radius 2 is 2.10 bits per heavy atom. The van der Waals surface area contributed by atoms with Crippen LogP contribution in [-0.4, -0.2) is 29.8 Å². The highest BCUT2D eigenvalue weighted by Gasteiger charge is 2.57. The lowest BCUT2D eigenvalue weighted by Gasteiger charge is -2.17. The van der Waals surface area contributed by atoms with Gasteiger partial charge in [0.1, 0.15) is 5.75 Å². The van der Waals surface area contributed by atoms with Crippen LogP contribution in [-0.2, 0) is 6.54 Å². The van der Waals surface area contributed by atoms with Gasteiger partial charge in [-0.05, 0) is 22.6 Å². The topological polar surface area (TPSA) is 38.3 Å². The number of halogens is 3. The summed E-state index contributed by atoms with van der Waals surface area (Å²) in [5.41, 5.74) is 1.56. The molecule has 1 aliphatic heterocycles. The fraction of sp³-hybridized carbons (Fsp3) is 0.500. The van der Waals surface area contributed by atoms with Crippen LogP contribution in [0, 0.1) is 5.92 Å². The number of ketones is 1. The van der Waals surface area contributed by atoms with Crippen molar-refractivity contribution >= 4 is 28.4 Å². The Balaban J connectivity index is 0.000000704. The van der Waals surface area contributed by atoms with E-state index in [0.29, 0.717) is 24.4 Å². The number of ether oxygens (including phenoxy) is 1. The zero-order chi connectivity index (χ0) is 14.8. The molecule has 0 bridgehead atoms. The second-order valence-corrected chi connectivity index (χ2v) is 4.82. The quantitative estimate of drug-likeness (QED) is 0.632. The number of fused-ring (bicyclic) bond motifs is 1. The van der Waals surface area contributed by atoms with Gasteiger partial charge in [-0.2, -0.15) is 0 Å². The van der Waals surface area contributed by atoms with Crippen LogP contribution in [0.15, 0.2) is 18.2 Å². The summed E-state index contributed by atoms with van der Waals surface area (Å²) in [6.45, 7) is 0.984. The van der Waals surface area contributed by atoms with Gasteiger partial charge in [0.2, 0.25) is 0 Å². The molecule has 0 spiro atoms. The van der Waals surface area contributed by atoms with Crippen molar-refractivity contribution in [2.45, 2.75) is 18.9 Å². The summed E-state index contributed by atoms with van der Waals surface area (Å²) in [5, 5.41) is 2.99. The first-order valence-electron chi connectivity index (χ1n) is 6.31. The van der Waals surface area contributed by atoms with Crippen LogP contribution in [0.4, 0.5) is 8.78 Å². The highest BCUT2D eigenvalue weighted by Crippen LogP contribution is 2.48. The van der Waals surface area contributed by atoms with E-state index in [1.165, 1.54) is 0 Å². The first-order chi connectivity index (χ1) is 9.56. The van der Waals surface area contributed by atoms with E-state index in [1.807, 2.05) is 4.93 Å². The van der Waals surface area contributed by atoms with Gasteiger partial charge < -0.3 is 10.1 Å². The zero-order valence-corrected chi connectivity index (χ0v) is 13.2. The smallest absolute Gasteiger partial charge is 0.255 e. The molecule has 1 aromatic rings. The Kier molecular flexibility index (Phi) is 4.95. The van der Waals surface area contributed by atoms with E-state index in [-0.39, 0.29) is 18.8 Å². The molecule has 1 atom stereocenters. The molecule has 3 nitrogen and oxygen atoms in total. The standard InChI is InChI=1S/C13H13F2NO2.CH3I/c14-13(15)4-9(13)7-18-10-2-1-8-5-16-6-12(17)11(8)3-10;1-2/h1-3,9,16H,4-7H2;1H3. The van der Waals surface area contributed by atoms with Gasteiger partial charge in [0, 0.05) is 18.5 Å². The van der Waals surface area contributed by atoms with Crippen molar-refractivity contribution in [3.8, 4) is 5.75 Å². The number of benzene rings is 1. The number of carbonyl (C=O) groups excluding carboxylic acids is 1. The van der Waals surface area contributed by atoms with Crippen LogP contribution in [0.3, 0.4) is 0 Å². The van der Waals surface area contributed by atoms with Crippen LogP contribution >= 0.6 is 22.6 Å². The highest BCUT2D eigenvalue weighted by molar-refractivity contribution is 14.1. The molecule has 1 unspecified atom stereocenters. The second-order valence-electron chi connectivity index (χ2n) is 4.82. The van der Waals surface area contributed by atoms with Gasteiger partial charge in [0.15, 0.2) is 5.78 Å². The summed E-state index contributed by atoms with van der Waals surface area (Å²) in [4.78, 5) is 13.6. The average molecular weight is 395 g/mol. The Labute approximate surface area is 130 Å². The first kappa shape index (κ1) is 15.6. The average Bonchev–Trinajstić information content (AvgIpc) is 3.07. The van der Waals surface area contributed by atoms with Crippen molar-refractivity contribution in [2.75, 3.05) is 18.1 Å². The van der Waals surface area contributed by atoms with Crippen LogP contribution in [0.2, 0.25) is 0 Å². The van der Waals surface area contributed by atoms with Gasteiger partial charge in [-0.15, -0.1) is 0 Å². The Hall–Kier alpha value is -0.760. The third kappa shape index (κ3) is 3.46. The molecule has 6 heteroatoms. The molecule has 110 valence electrons. The molecule has 1 aromatic carbocycles. The minimum atomic E-state index is -2.56. The maximum absolute atomic E-state index is 12.7. The van der Waals surface area contributed by atoms with E-state index in [9.17, 15) is 13.6 Å². The molecule has 2 aliphatic rings. The third-order valence-electron chi connectivity index (χ3n) is 3.39. The summed E-state index contributed by atoms with van der Waals surface area (Å²) in [6, 6.07) is 5.18. The summed E-state index contributed by atoms with van der Waals surface area (Å²) < 4.78 is 30.7. The first-order valence-corrected chi connectivity index (χ1v) is 8.47. The lowest BCUT2D eigenvalue weighted by atomic mass is 10.00. The molecule has 1 fully saturated rings. The molecule has 0 aromatic heterocycles. The second kappa shape index (κ2) is 6.34. The number of carbonyl (C=O) groups is 1. The molecule has 20 heavy (non-hydrogen) atoms. The van der Waals surface area contributed by atoms with E-state index in [0.717, 1.165) is 5.56 Å².